The van der Waals surface area contributed by atoms with Crippen molar-refractivity contribution in [1.29, 1.82) is 0 Å². The van der Waals surface area contributed by atoms with E-state index in [1.807, 2.05) is 19.1 Å². The molecule has 4 nitrogen and oxygen atoms in total. The van der Waals surface area contributed by atoms with Crippen molar-refractivity contribution in [2.75, 3.05) is 18.8 Å². The van der Waals surface area contributed by atoms with Crippen molar-refractivity contribution in [2.24, 2.45) is 0 Å². The van der Waals surface area contributed by atoms with E-state index in [1.54, 1.807) is 30.9 Å². The number of anilines is 1. The second kappa shape index (κ2) is 5.87. The number of rotatable bonds is 5. The summed E-state index contributed by atoms with van der Waals surface area (Å²) in [7, 11) is 0. The summed E-state index contributed by atoms with van der Waals surface area (Å²) in [5.41, 5.74) is 6.36. The summed E-state index contributed by atoms with van der Waals surface area (Å²) in [5, 5.41) is 9.76. The van der Waals surface area contributed by atoms with Crippen LogP contribution in [0.1, 0.15) is 26.3 Å². The molecule has 0 radical (unpaired) electrons. The van der Waals surface area contributed by atoms with Gasteiger partial charge in [0.1, 0.15) is 0 Å². The highest BCUT2D eigenvalue weighted by atomic mass is 16.3. The number of nitrogens with two attached hydrogens (primary N) is 1. The standard InChI is InChI=1S/C14H22N2O2/c1-4-16(10-14(2,3)18)13(17)9-11-6-5-7-12(15)8-11/h5-8,18H,4,9-10,15H2,1-3H3. The summed E-state index contributed by atoms with van der Waals surface area (Å²) < 4.78 is 0. The number of carbonyl (C=O) groups excluding carboxylic acids is 1. The Morgan fingerprint density at radius 3 is 2.61 bits per heavy atom. The van der Waals surface area contributed by atoms with Crippen LogP contribution in [-0.2, 0) is 11.2 Å². The maximum Gasteiger partial charge on any atom is 0.227 e. The average molecular weight is 250 g/mol. The molecule has 0 saturated heterocycles. The lowest BCUT2D eigenvalue weighted by Gasteiger charge is -2.28. The van der Waals surface area contributed by atoms with Gasteiger partial charge in [-0.1, -0.05) is 12.1 Å². The van der Waals surface area contributed by atoms with Crippen molar-refractivity contribution in [3.63, 3.8) is 0 Å². The van der Waals surface area contributed by atoms with Crippen molar-refractivity contribution in [3.8, 4) is 0 Å². The Hall–Kier alpha value is -1.55. The molecule has 1 rings (SSSR count). The number of nitrogens with zero attached hydrogens (tertiary/aromatic N) is 1. The predicted octanol–water partition coefficient (Wildman–Crippen LogP) is 1.43. The van der Waals surface area contributed by atoms with Crippen molar-refractivity contribution in [2.45, 2.75) is 32.8 Å². The third-order valence-corrected chi connectivity index (χ3v) is 2.62. The van der Waals surface area contributed by atoms with Crippen molar-refractivity contribution >= 4 is 11.6 Å². The Kier molecular flexibility index (Phi) is 4.73. The van der Waals surface area contributed by atoms with Gasteiger partial charge in [0.05, 0.1) is 12.0 Å². The lowest BCUT2D eigenvalue weighted by Crippen LogP contribution is -2.42. The molecule has 0 spiro atoms. The van der Waals surface area contributed by atoms with Gasteiger partial charge in [0.2, 0.25) is 5.91 Å². The van der Waals surface area contributed by atoms with Gasteiger partial charge in [-0.3, -0.25) is 4.79 Å². The molecule has 0 unspecified atom stereocenters. The minimum atomic E-state index is -0.874. The van der Waals surface area contributed by atoms with Crippen LogP contribution in [0.5, 0.6) is 0 Å². The first-order valence-electron chi connectivity index (χ1n) is 6.16. The smallest absolute Gasteiger partial charge is 0.227 e. The molecule has 18 heavy (non-hydrogen) atoms. The predicted molar refractivity (Wildman–Crippen MR) is 73.1 cm³/mol. The highest BCUT2D eigenvalue weighted by molar-refractivity contribution is 5.79. The van der Waals surface area contributed by atoms with E-state index in [-0.39, 0.29) is 5.91 Å². The molecule has 0 heterocycles. The van der Waals surface area contributed by atoms with Crippen LogP contribution in [0.4, 0.5) is 5.69 Å². The highest BCUT2D eigenvalue weighted by Gasteiger charge is 2.21. The van der Waals surface area contributed by atoms with Crippen LogP contribution in [0.25, 0.3) is 0 Å². The lowest BCUT2D eigenvalue weighted by molar-refractivity contribution is -0.133. The van der Waals surface area contributed by atoms with Gasteiger partial charge in [0.15, 0.2) is 0 Å². The topological polar surface area (TPSA) is 66.6 Å². The van der Waals surface area contributed by atoms with E-state index in [0.717, 1.165) is 5.56 Å². The number of carbonyl (C=O) groups is 1. The Morgan fingerprint density at radius 2 is 2.11 bits per heavy atom. The number of benzene rings is 1. The van der Waals surface area contributed by atoms with E-state index in [2.05, 4.69) is 0 Å². The number of hydrogen-bond donors (Lipinski definition) is 2. The zero-order valence-corrected chi connectivity index (χ0v) is 11.3. The van der Waals surface area contributed by atoms with Gasteiger partial charge in [0.25, 0.3) is 0 Å². The van der Waals surface area contributed by atoms with Crippen LogP contribution in [0.2, 0.25) is 0 Å². The minimum absolute atomic E-state index is 0.00484. The molecule has 0 aromatic heterocycles. The first-order chi connectivity index (χ1) is 8.31. The molecule has 1 aromatic rings. The average Bonchev–Trinajstić information content (AvgIpc) is 2.24. The number of aliphatic hydroxyl groups is 1. The van der Waals surface area contributed by atoms with Crippen LogP contribution >= 0.6 is 0 Å². The summed E-state index contributed by atoms with van der Waals surface area (Å²) in [4.78, 5) is 13.8. The molecule has 3 N–H and O–H groups in total. The van der Waals surface area contributed by atoms with E-state index in [9.17, 15) is 9.90 Å². The monoisotopic (exact) mass is 250 g/mol. The number of hydrogen-bond acceptors (Lipinski definition) is 3. The SMILES string of the molecule is CCN(CC(C)(C)O)C(=O)Cc1cccc(N)c1. The fraction of sp³-hybridized carbons (Fsp3) is 0.500. The van der Waals surface area contributed by atoms with Gasteiger partial charge in [-0.2, -0.15) is 0 Å². The van der Waals surface area contributed by atoms with Crippen LogP contribution in [0, 0.1) is 0 Å². The fourth-order valence-corrected chi connectivity index (χ4v) is 1.83. The molecule has 0 aliphatic carbocycles. The Bertz CT molecular complexity index is 411. The highest BCUT2D eigenvalue weighted by Crippen LogP contribution is 2.11. The minimum Gasteiger partial charge on any atom is -0.399 e. The first-order valence-corrected chi connectivity index (χ1v) is 6.16. The van der Waals surface area contributed by atoms with Crippen molar-refractivity contribution in [3.05, 3.63) is 29.8 Å². The van der Waals surface area contributed by atoms with Crippen molar-refractivity contribution < 1.29 is 9.90 Å². The molecule has 4 heteroatoms. The molecule has 0 aliphatic heterocycles. The first kappa shape index (κ1) is 14.5. The van der Waals surface area contributed by atoms with E-state index in [1.165, 1.54) is 0 Å². The summed E-state index contributed by atoms with van der Waals surface area (Å²) in [6.07, 6.45) is 0.314. The van der Waals surface area contributed by atoms with Crippen molar-refractivity contribution in [1.82, 2.24) is 4.90 Å². The van der Waals surface area contributed by atoms with Gasteiger partial charge in [-0.15, -0.1) is 0 Å². The number of nitrogen functional groups attached to an aromatic ring is 1. The van der Waals surface area contributed by atoms with E-state index in [4.69, 9.17) is 5.73 Å². The number of likely N-dealkylation sites (N-methyl/N-ethyl adjacent to an activating group) is 1. The Balaban J connectivity index is 2.68. The third kappa shape index (κ3) is 4.75. The number of amides is 1. The maximum atomic E-state index is 12.1. The normalized spacial score (nSPS) is 11.3. The maximum absolute atomic E-state index is 12.1. The fourth-order valence-electron chi connectivity index (χ4n) is 1.83. The second-order valence-corrected chi connectivity index (χ2v) is 5.14. The molecule has 1 aromatic carbocycles. The molecular weight excluding hydrogens is 228 g/mol. The summed E-state index contributed by atoms with van der Waals surface area (Å²) in [6, 6.07) is 7.31. The lowest BCUT2D eigenvalue weighted by atomic mass is 10.1. The molecular formula is C14H22N2O2. The van der Waals surface area contributed by atoms with E-state index >= 15 is 0 Å². The zero-order chi connectivity index (χ0) is 13.8. The van der Waals surface area contributed by atoms with Gasteiger partial charge < -0.3 is 15.7 Å². The van der Waals surface area contributed by atoms with Crippen LogP contribution in [0.3, 0.4) is 0 Å². The van der Waals surface area contributed by atoms with Crippen LogP contribution in [-0.4, -0.2) is 34.6 Å². The van der Waals surface area contributed by atoms with Crippen LogP contribution in [0.15, 0.2) is 24.3 Å². The second-order valence-electron chi connectivity index (χ2n) is 5.14. The summed E-state index contributed by atoms with van der Waals surface area (Å²) in [6.45, 7) is 6.23. The van der Waals surface area contributed by atoms with Gasteiger partial charge in [-0.25, -0.2) is 0 Å². The molecule has 0 fully saturated rings. The summed E-state index contributed by atoms with van der Waals surface area (Å²) in [5.74, 6) is 0.00484. The molecule has 0 aliphatic rings. The van der Waals surface area contributed by atoms with E-state index < -0.39 is 5.60 Å². The van der Waals surface area contributed by atoms with Crippen LogP contribution < -0.4 is 5.73 Å². The summed E-state index contributed by atoms with van der Waals surface area (Å²) >= 11 is 0. The molecule has 0 bridgehead atoms. The molecule has 0 atom stereocenters. The molecule has 1 amide bonds. The Morgan fingerprint density at radius 1 is 1.44 bits per heavy atom. The third-order valence-electron chi connectivity index (χ3n) is 2.62. The van der Waals surface area contributed by atoms with Gasteiger partial charge in [0, 0.05) is 18.8 Å². The zero-order valence-electron chi connectivity index (χ0n) is 11.3. The van der Waals surface area contributed by atoms with Gasteiger partial charge in [-0.05, 0) is 38.5 Å². The van der Waals surface area contributed by atoms with Gasteiger partial charge >= 0.3 is 0 Å². The molecule has 100 valence electrons. The van der Waals surface area contributed by atoms with E-state index in [0.29, 0.717) is 25.2 Å². The Labute approximate surface area is 108 Å². The quantitative estimate of drug-likeness (QED) is 0.777. The largest absolute Gasteiger partial charge is 0.399 e. The molecule has 0 saturated carbocycles.